The standard InChI is InChI=1S/C19H16N6O2/c20-16(26)17-23-14-8-4-7-13(15(14)24-17)18(27)25-19-21-10-12(22-19)9-11-5-2-1-3-6-11/h1-8,10H,9H2,(H2,20,26)(H,23,24)(H2,21,22,25,27). The molecule has 0 aliphatic carbocycles. The normalized spacial score (nSPS) is 10.8. The van der Waals surface area contributed by atoms with Gasteiger partial charge in [0.1, 0.15) is 5.52 Å². The summed E-state index contributed by atoms with van der Waals surface area (Å²) in [7, 11) is 0. The number of H-pyrrole nitrogens is 2. The van der Waals surface area contributed by atoms with Crippen molar-refractivity contribution in [1.82, 2.24) is 19.9 Å². The molecule has 27 heavy (non-hydrogen) atoms. The van der Waals surface area contributed by atoms with Crippen LogP contribution in [0.4, 0.5) is 5.95 Å². The number of hydrogen-bond donors (Lipinski definition) is 4. The van der Waals surface area contributed by atoms with Gasteiger partial charge in [-0.25, -0.2) is 9.97 Å². The van der Waals surface area contributed by atoms with Gasteiger partial charge in [-0.05, 0) is 17.7 Å². The van der Waals surface area contributed by atoms with E-state index >= 15 is 0 Å². The van der Waals surface area contributed by atoms with Crippen LogP contribution in [0.5, 0.6) is 0 Å². The molecule has 0 radical (unpaired) electrons. The van der Waals surface area contributed by atoms with Crippen LogP contribution in [0, 0.1) is 0 Å². The predicted molar refractivity (Wildman–Crippen MR) is 100 cm³/mol. The van der Waals surface area contributed by atoms with Crippen LogP contribution in [0.3, 0.4) is 0 Å². The summed E-state index contributed by atoms with van der Waals surface area (Å²) in [4.78, 5) is 38.1. The Labute approximate surface area is 153 Å². The van der Waals surface area contributed by atoms with Crippen LogP contribution in [-0.4, -0.2) is 31.8 Å². The fourth-order valence-electron chi connectivity index (χ4n) is 2.84. The zero-order chi connectivity index (χ0) is 18.8. The molecule has 0 spiro atoms. The second-order valence-corrected chi connectivity index (χ2v) is 6.02. The number of primary amides is 1. The highest BCUT2D eigenvalue weighted by Crippen LogP contribution is 2.18. The lowest BCUT2D eigenvalue weighted by atomic mass is 10.1. The number of carbonyl (C=O) groups excluding carboxylic acids is 2. The summed E-state index contributed by atoms with van der Waals surface area (Å²) in [5, 5.41) is 2.72. The van der Waals surface area contributed by atoms with Crippen LogP contribution in [0.1, 0.15) is 32.2 Å². The van der Waals surface area contributed by atoms with Crippen molar-refractivity contribution in [1.29, 1.82) is 0 Å². The fraction of sp³-hybridized carbons (Fsp3) is 0.0526. The first kappa shape index (κ1) is 16.5. The van der Waals surface area contributed by atoms with E-state index in [0.717, 1.165) is 11.3 Å². The van der Waals surface area contributed by atoms with Gasteiger partial charge in [0.05, 0.1) is 17.3 Å². The maximum absolute atomic E-state index is 12.6. The Balaban J connectivity index is 1.54. The number of para-hydroxylation sites is 1. The Bertz CT molecular complexity index is 1130. The zero-order valence-corrected chi connectivity index (χ0v) is 14.2. The van der Waals surface area contributed by atoms with E-state index in [1.807, 2.05) is 30.3 Å². The molecule has 0 saturated carbocycles. The molecule has 0 atom stereocenters. The minimum atomic E-state index is -0.686. The second-order valence-electron chi connectivity index (χ2n) is 6.02. The number of nitrogens with one attached hydrogen (secondary N) is 3. The van der Waals surface area contributed by atoms with Crippen molar-refractivity contribution in [2.45, 2.75) is 6.42 Å². The van der Waals surface area contributed by atoms with E-state index in [4.69, 9.17) is 5.73 Å². The molecule has 134 valence electrons. The lowest BCUT2D eigenvalue weighted by Gasteiger charge is -2.03. The molecule has 8 heteroatoms. The molecule has 2 heterocycles. The van der Waals surface area contributed by atoms with Gasteiger partial charge in [-0.15, -0.1) is 0 Å². The van der Waals surface area contributed by atoms with Gasteiger partial charge in [0, 0.05) is 12.1 Å². The number of aromatic amines is 2. The van der Waals surface area contributed by atoms with Crippen LogP contribution in [0.15, 0.2) is 54.7 Å². The maximum Gasteiger partial charge on any atom is 0.284 e. The van der Waals surface area contributed by atoms with E-state index in [0.29, 0.717) is 29.0 Å². The topological polar surface area (TPSA) is 130 Å². The van der Waals surface area contributed by atoms with E-state index < -0.39 is 5.91 Å². The number of benzene rings is 2. The highest BCUT2D eigenvalue weighted by Gasteiger charge is 2.16. The number of amides is 2. The number of carbonyl (C=O) groups is 2. The molecule has 0 aliphatic rings. The van der Waals surface area contributed by atoms with Gasteiger partial charge < -0.3 is 15.7 Å². The van der Waals surface area contributed by atoms with E-state index in [2.05, 4.69) is 25.3 Å². The molecular formula is C19H16N6O2. The molecule has 0 bridgehead atoms. The molecule has 8 nitrogen and oxygen atoms in total. The van der Waals surface area contributed by atoms with Gasteiger partial charge in [-0.3, -0.25) is 14.9 Å². The molecule has 0 saturated heterocycles. The Hall–Kier alpha value is -3.94. The Morgan fingerprint density at radius 2 is 1.85 bits per heavy atom. The maximum atomic E-state index is 12.6. The third kappa shape index (κ3) is 3.40. The molecule has 2 aromatic heterocycles. The Morgan fingerprint density at radius 1 is 1.04 bits per heavy atom. The summed E-state index contributed by atoms with van der Waals surface area (Å²) in [6.45, 7) is 0. The van der Waals surface area contributed by atoms with Crippen molar-refractivity contribution in [3.63, 3.8) is 0 Å². The largest absolute Gasteiger partial charge is 0.363 e. The van der Waals surface area contributed by atoms with Crippen molar-refractivity contribution < 1.29 is 9.59 Å². The van der Waals surface area contributed by atoms with Crippen molar-refractivity contribution in [3.05, 3.63) is 77.4 Å². The number of rotatable bonds is 5. The SMILES string of the molecule is NC(=O)c1nc2c(C(=O)Nc3ncc(Cc4ccccc4)[nH]3)cccc2[nH]1. The van der Waals surface area contributed by atoms with Gasteiger partial charge in [0.15, 0.2) is 5.82 Å². The van der Waals surface area contributed by atoms with Gasteiger partial charge >= 0.3 is 0 Å². The van der Waals surface area contributed by atoms with Crippen molar-refractivity contribution >= 4 is 28.8 Å². The third-order valence-electron chi connectivity index (χ3n) is 4.09. The number of fused-ring (bicyclic) bond motifs is 1. The first-order chi connectivity index (χ1) is 13.1. The molecule has 0 aliphatic heterocycles. The summed E-state index contributed by atoms with van der Waals surface area (Å²) in [6.07, 6.45) is 2.36. The summed E-state index contributed by atoms with van der Waals surface area (Å²) < 4.78 is 0. The Morgan fingerprint density at radius 3 is 2.63 bits per heavy atom. The van der Waals surface area contributed by atoms with E-state index in [1.165, 1.54) is 0 Å². The van der Waals surface area contributed by atoms with Crippen molar-refractivity contribution in [2.24, 2.45) is 5.73 Å². The van der Waals surface area contributed by atoms with Crippen LogP contribution >= 0.6 is 0 Å². The van der Waals surface area contributed by atoms with Gasteiger partial charge in [0.25, 0.3) is 11.8 Å². The Kier molecular flexibility index (Phi) is 4.13. The van der Waals surface area contributed by atoms with Gasteiger partial charge in [-0.1, -0.05) is 36.4 Å². The van der Waals surface area contributed by atoms with Crippen LogP contribution in [0.25, 0.3) is 11.0 Å². The summed E-state index contributed by atoms with van der Waals surface area (Å²) >= 11 is 0. The number of hydrogen-bond acceptors (Lipinski definition) is 4. The number of anilines is 1. The number of nitrogens with zero attached hydrogens (tertiary/aromatic N) is 2. The average Bonchev–Trinajstić information content (AvgIpc) is 3.29. The van der Waals surface area contributed by atoms with E-state index in [1.54, 1.807) is 24.4 Å². The van der Waals surface area contributed by atoms with E-state index in [9.17, 15) is 9.59 Å². The van der Waals surface area contributed by atoms with Crippen LogP contribution in [-0.2, 0) is 6.42 Å². The quantitative estimate of drug-likeness (QED) is 0.435. The lowest BCUT2D eigenvalue weighted by Crippen LogP contribution is -2.14. The van der Waals surface area contributed by atoms with E-state index in [-0.39, 0.29) is 11.7 Å². The highest BCUT2D eigenvalue weighted by atomic mass is 16.2. The smallest absolute Gasteiger partial charge is 0.284 e. The average molecular weight is 360 g/mol. The minimum Gasteiger partial charge on any atom is -0.363 e. The van der Waals surface area contributed by atoms with Crippen LogP contribution < -0.4 is 11.1 Å². The highest BCUT2D eigenvalue weighted by molar-refractivity contribution is 6.11. The molecule has 0 unspecified atom stereocenters. The molecular weight excluding hydrogens is 344 g/mol. The molecule has 4 aromatic rings. The summed E-state index contributed by atoms with van der Waals surface area (Å²) in [5.74, 6) is -0.722. The predicted octanol–water partition coefficient (Wildman–Crippen LogP) is 2.23. The van der Waals surface area contributed by atoms with Crippen molar-refractivity contribution in [2.75, 3.05) is 5.32 Å². The molecule has 2 amide bonds. The molecule has 2 aromatic carbocycles. The third-order valence-corrected chi connectivity index (χ3v) is 4.09. The fourth-order valence-corrected chi connectivity index (χ4v) is 2.84. The minimum absolute atomic E-state index is 0.00777. The second kappa shape index (κ2) is 6.75. The van der Waals surface area contributed by atoms with Gasteiger partial charge in [-0.2, -0.15) is 0 Å². The zero-order valence-electron chi connectivity index (χ0n) is 14.2. The molecule has 4 rings (SSSR count). The van der Waals surface area contributed by atoms with Crippen LogP contribution in [0.2, 0.25) is 0 Å². The van der Waals surface area contributed by atoms with Gasteiger partial charge in [0.2, 0.25) is 5.95 Å². The number of aromatic nitrogens is 4. The first-order valence-electron chi connectivity index (χ1n) is 8.28. The number of imidazole rings is 2. The van der Waals surface area contributed by atoms with Crippen molar-refractivity contribution in [3.8, 4) is 0 Å². The summed E-state index contributed by atoms with van der Waals surface area (Å²) in [6, 6.07) is 15.0. The first-order valence-corrected chi connectivity index (χ1v) is 8.28. The summed E-state index contributed by atoms with van der Waals surface area (Å²) in [5.41, 5.74) is 8.51. The molecule has 0 fully saturated rings. The molecule has 5 N–H and O–H groups in total. The number of nitrogens with two attached hydrogens (primary N) is 1. The monoisotopic (exact) mass is 360 g/mol. The lowest BCUT2D eigenvalue weighted by molar-refractivity contribution is 0.0989.